The average molecular weight is 302 g/mol. The predicted octanol–water partition coefficient (Wildman–Crippen LogP) is 4.51. The van der Waals surface area contributed by atoms with E-state index in [4.69, 9.17) is 0 Å². The molecule has 0 aromatic carbocycles. The van der Waals surface area contributed by atoms with Crippen molar-refractivity contribution < 1.29 is 20.4 Å². The van der Waals surface area contributed by atoms with Gasteiger partial charge in [0, 0.05) is 0 Å². The van der Waals surface area contributed by atoms with Crippen molar-refractivity contribution in [3.63, 3.8) is 0 Å². The fraction of sp³-hybridized carbons (Fsp3) is 0.636. The van der Waals surface area contributed by atoms with Crippen LogP contribution in [0.1, 0.15) is 34.1 Å². The van der Waals surface area contributed by atoms with E-state index in [9.17, 15) is 0 Å². The third-order valence-electron chi connectivity index (χ3n) is 1.94. The molecule has 0 fully saturated rings. The molecule has 0 aromatic rings. The summed E-state index contributed by atoms with van der Waals surface area (Å²) in [5, 5.41) is 0.638. The van der Waals surface area contributed by atoms with Gasteiger partial charge in [-0.25, -0.2) is 0 Å². The van der Waals surface area contributed by atoms with Gasteiger partial charge in [0.15, 0.2) is 0 Å². The molecule has 4 heteroatoms. The van der Waals surface area contributed by atoms with Crippen molar-refractivity contribution in [2.75, 3.05) is 0 Å². The van der Waals surface area contributed by atoms with Crippen LogP contribution in [0.5, 0.6) is 0 Å². The third-order valence-corrected chi connectivity index (χ3v) is 4.02. The summed E-state index contributed by atoms with van der Waals surface area (Å²) >= 11 is 4.29. The summed E-state index contributed by atoms with van der Waals surface area (Å²) in [5.41, 5.74) is 1.54. The number of hydrogen-bond acceptors (Lipinski definition) is 1. The number of thioether (sulfide) groups is 1. The average Bonchev–Trinajstić information content (AvgIpc) is 2.30. The Morgan fingerprint density at radius 1 is 1.33 bits per heavy atom. The normalized spacial score (nSPS) is 17.0. The molecule has 1 unspecified atom stereocenters. The Morgan fingerprint density at radius 3 is 2.20 bits per heavy atom. The van der Waals surface area contributed by atoms with Crippen molar-refractivity contribution in [3.05, 3.63) is 21.6 Å². The quantitative estimate of drug-likeness (QED) is 0.676. The molecule has 0 N–H and O–H groups in total. The Labute approximate surface area is 122 Å². The first-order valence-electron chi connectivity index (χ1n) is 4.69. The molecule has 0 spiro atoms. The zero-order valence-electron chi connectivity index (χ0n) is 9.66. The van der Waals surface area contributed by atoms with E-state index in [0.29, 0.717) is 10.00 Å². The van der Waals surface area contributed by atoms with Crippen LogP contribution in [0.25, 0.3) is 0 Å². The maximum Gasteiger partial charge on any atom is -0.147 e. The first kappa shape index (κ1) is 18.5. The Bertz CT molecular complexity index is 254. The topological polar surface area (TPSA) is 0 Å². The molecule has 87 valence electrons. The summed E-state index contributed by atoms with van der Waals surface area (Å²) in [7, 11) is 0. The minimum atomic E-state index is 0. The summed E-state index contributed by atoms with van der Waals surface area (Å²) in [6.07, 6.45) is 5.72. The molecule has 0 saturated carbocycles. The van der Waals surface area contributed by atoms with Gasteiger partial charge >= 0.3 is 97.9 Å². The van der Waals surface area contributed by atoms with Gasteiger partial charge in [0.2, 0.25) is 0 Å². The third kappa shape index (κ3) is 6.43. The van der Waals surface area contributed by atoms with Crippen molar-refractivity contribution >= 4 is 36.6 Å². The van der Waals surface area contributed by atoms with Crippen LogP contribution in [0.3, 0.4) is 0 Å². The molecule has 0 saturated heterocycles. The minimum Gasteiger partial charge on any atom is -0.147 e. The zero-order chi connectivity index (χ0) is 10.1. The van der Waals surface area contributed by atoms with Crippen molar-refractivity contribution in [1.29, 1.82) is 0 Å². The van der Waals surface area contributed by atoms with Gasteiger partial charge in [0.25, 0.3) is 0 Å². The Kier molecular flexibility index (Phi) is 9.18. The molecule has 1 atom stereocenters. The van der Waals surface area contributed by atoms with Crippen molar-refractivity contribution in [1.82, 2.24) is 0 Å². The molecular weight excluding hydrogens is 283 g/mol. The predicted molar refractivity (Wildman–Crippen MR) is 72.1 cm³/mol. The molecule has 0 nitrogen and oxygen atoms in total. The summed E-state index contributed by atoms with van der Waals surface area (Å²) < 4.78 is 1.91. The molecule has 0 aliphatic heterocycles. The van der Waals surface area contributed by atoms with Crippen LogP contribution in [0.15, 0.2) is 21.6 Å². The van der Waals surface area contributed by atoms with E-state index in [2.05, 4.69) is 60.3 Å². The number of halogens is 2. The molecule has 1 rings (SSSR count). The molecular formula is C11H19Cl2STi. The molecule has 0 radical (unpaired) electrons. The van der Waals surface area contributed by atoms with E-state index in [1.807, 2.05) is 11.8 Å². The summed E-state index contributed by atoms with van der Waals surface area (Å²) in [5.74, 6) is 0. The van der Waals surface area contributed by atoms with Gasteiger partial charge in [-0.1, -0.05) is 0 Å². The standard InChI is InChI=1S/C11H17S.2ClH.Ti/c1-9(12-11(2,3)4)10-7-5-6-8-10;;;/h5,7,9H,6H2,1-4H3;2*1H;. The second-order valence-corrected chi connectivity index (χ2v) is 7.52. The molecule has 0 bridgehead atoms. The molecule has 1 aliphatic carbocycles. The Morgan fingerprint density at radius 2 is 1.87 bits per heavy atom. The number of rotatable bonds is 2. The van der Waals surface area contributed by atoms with E-state index < -0.39 is 0 Å². The zero-order valence-corrected chi connectivity index (χ0v) is 13.7. The molecule has 0 aromatic heterocycles. The maximum atomic E-state index is 2.31. The summed E-state index contributed by atoms with van der Waals surface area (Å²) in [6.45, 7) is 9.15. The van der Waals surface area contributed by atoms with Gasteiger partial charge in [-0.15, -0.1) is 24.8 Å². The fourth-order valence-electron chi connectivity index (χ4n) is 1.50. The van der Waals surface area contributed by atoms with Crippen molar-refractivity contribution in [2.45, 2.75) is 44.1 Å². The number of hydrogen-bond donors (Lipinski definition) is 0. The molecule has 0 amide bonds. The van der Waals surface area contributed by atoms with Gasteiger partial charge < -0.3 is 0 Å². The van der Waals surface area contributed by atoms with Crippen LogP contribution < -0.4 is 0 Å². The van der Waals surface area contributed by atoms with Gasteiger partial charge in [-0.05, 0) is 0 Å². The van der Waals surface area contributed by atoms with Gasteiger partial charge in [-0.2, -0.15) is 0 Å². The van der Waals surface area contributed by atoms with Crippen LogP contribution in [-0.2, 0) is 20.4 Å². The van der Waals surface area contributed by atoms with E-state index in [1.165, 1.54) is 0 Å². The second kappa shape index (κ2) is 7.45. The van der Waals surface area contributed by atoms with Gasteiger partial charge in [-0.3, -0.25) is 0 Å². The van der Waals surface area contributed by atoms with Crippen molar-refractivity contribution in [3.8, 4) is 0 Å². The minimum absolute atomic E-state index is 0. The molecule has 0 heterocycles. The summed E-state index contributed by atoms with van der Waals surface area (Å²) in [4.78, 5) is 0. The fourth-order valence-corrected chi connectivity index (χ4v) is 3.72. The van der Waals surface area contributed by atoms with Gasteiger partial charge in [0.05, 0.1) is 0 Å². The van der Waals surface area contributed by atoms with E-state index in [0.717, 1.165) is 6.42 Å². The largest absolute Gasteiger partial charge is 0.147 e. The molecule has 15 heavy (non-hydrogen) atoms. The van der Waals surface area contributed by atoms with E-state index >= 15 is 0 Å². The van der Waals surface area contributed by atoms with Crippen LogP contribution >= 0.6 is 36.6 Å². The Balaban J connectivity index is 0. The smallest absolute Gasteiger partial charge is 0.147 e. The van der Waals surface area contributed by atoms with Gasteiger partial charge in [0.1, 0.15) is 0 Å². The second-order valence-electron chi connectivity index (χ2n) is 4.41. The van der Waals surface area contributed by atoms with Crippen molar-refractivity contribution in [2.24, 2.45) is 0 Å². The van der Waals surface area contributed by atoms with E-state index in [1.54, 1.807) is 9.45 Å². The monoisotopic (exact) mass is 301 g/mol. The summed E-state index contributed by atoms with van der Waals surface area (Å²) in [6, 6.07) is 0. The van der Waals surface area contributed by atoms with Crippen LogP contribution in [0.4, 0.5) is 0 Å². The Hall–Kier alpha value is 1.12. The van der Waals surface area contributed by atoms with E-state index in [-0.39, 0.29) is 24.8 Å². The van der Waals surface area contributed by atoms with Crippen LogP contribution in [0.2, 0.25) is 0 Å². The SMILES string of the molecule is CC(SC(C)(C)C)C1=[C]([Ti])CC=C1.Cl.Cl. The number of allylic oxidation sites excluding steroid dienone is 3. The molecule has 1 aliphatic rings. The van der Waals surface area contributed by atoms with Crippen LogP contribution in [0, 0.1) is 0 Å². The maximum absolute atomic E-state index is 2.31. The first-order valence-corrected chi connectivity index (χ1v) is 6.35. The first-order chi connectivity index (χ1) is 5.90. The van der Waals surface area contributed by atoms with Crippen LogP contribution in [-0.4, -0.2) is 10.00 Å².